The Kier molecular flexibility index (Phi) is 5.51. The zero-order valence-electron chi connectivity index (χ0n) is 14.0. The van der Waals surface area contributed by atoms with Gasteiger partial charge in [-0.2, -0.15) is 0 Å². The molecule has 2 fully saturated rings. The molecule has 126 valence electrons. The smallest absolute Gasteiger partial charge is 0.219 e. The molecule has 5 nitrogen and oxygen atoms in total. The van der Waals surface area contributed by atoms with Gasteiger partial charge >= 0.3 is 0 Å². The van der Waals surface area contributed by atoms with Crippen LogP contribution < -0.4 is 4.90 Å². The van der Waals surface area contributed by atoms with E-state index in [2.05, 4.69) is 40.1 Å². The quantitative estimate of drug-likeness (QED) is 0.845. The molecule has 2 heterocycles. The maximum absolute atomic E-state index is 11.5. The average molecular weight is 317 g/mol. The molecule has 1 aromatic rings. The van der Waals surface area contributed by atoms with Gasteiger partial charge in [-0.15, -0.1) is 0 Å². The molecular weight excluding hydrogens is 290 g/mol. The number of rotatable bonds is 3. The number of carbonyl (C=O) groups excluding carboxylic acids is 1. The number of para-hydroxylation sites is 1. The van der Waals surface area contributed by atoms with E-state index < -0.39 is 0 Å². The molecule has 23 heavy (non-hydrogen) atoms. The first kappa shape index (κ1) is 16.3. The summed E-state index contributed by atoms with van der Waals surface area (Å²) in [5.74, 6) is 0.191. The Hall–Kier alpha value is -1.59. The van der Waals surface area contributed by atoms with Gasteiger partial charge in [0.05, 0.1) is 12.7 Å². The highest BCUT2D eigenvalue weighted by Crippen LogP contribution is 2.18. The first-order valence-electron chi connectivity index (χ1n) is 8.62. The molecule has 0 unspecified atom stereocenters. The fraction of sp³-hybridized carbons (Fsp3) is 0.611. The molecular formula is C18H27N3O2. The molecule has 2 saturated heterocycles. The van der Waals surface area contributed by atoms with Crippen molar-refractivity contribution in [3.05, 3.63) is 30.3 Å². The van der Waals surface area contributed by atoms with E-state index in [1.165, 1.54) is 5.69 Å². The van der Waals surface area contributed by atoms with Crippen molar-refractivity contribution < 1.29 is 9.53 Å². The van der Waals surface area contributed by atoms with E-state index in [1.807, 2.05) is 4.90 Å². The van der Waals surface area contributed by atoms with E-state index >= 15 is 0 Å². The molecule has 0 aliphatic carbocycles. The van der Waals surface area contributed by atoms with E-state index in [4.69, 9.17) is 4.74 Å². The van der Waals surface area contributed by atoms with Crippen LogP contribution in [0.25, 0.3) is 0 Å². The van der Waals surface area contributed by atoms with E-state index in [1.54, 1.807) is 6.92 Å². The number of hydrogen-bond acceptors (Lipinski definition) is 4. The predicted molar refractivity (Wildman–Crippen MR) is 91.7 cm³/mol. The molecule has 0 radical (unpaired) electrons. The van der Waals surface area contributed by atoms with Gasteiger partial charge in [-0.1, -0.05) is 18.2 Å². The van der Waals surface area contributed by atoms with Crippen molar-refractivity contribution in [2.75, 3.05) is 57.3 Å². The first-order valence-corrected chi connectivity index (χ1v) is 8.62. The fourth-order valence-corrected chi connectivity index (χ4v) is 3.46. The number of benzene rings is 1. The van der Waals surface area contributed by atoms with Gasteiger partial charge < -0.3 is 14.5 Å². The number of morpholine rings is 1. The average Bonchev–Trinajstić information content (AvgIpc) is 2.82. The molecule has 0 saturated carbocycles. The van der Waals surface area contributed by atoms with Crippen LogP contribution in [0.4, 0.5) is 5.69 Å². The highest BCUT2D eigenvalue weighted by molar-refractivity contribution is 5.73. The molecule has 2 aliphatic heterocycles. The highest BCUT2D eigenvalue weighted by atomic mass is 16.5. The summed E-state index contributed by atoms with van der Waals surface area (Å²) in [5.41, 5.74) is 1.28. The van der Waals surface area contributed by atoms with Crippen LogP contribution in [0, 0.1) is 0 Å². The molecule has 1 aromatic carbocycles. The van der Waals surface area contributed by atoms with Crippen LogP contribution in [-0.2, 0) is 9.53 Å². The zero-order chi connectivity index (χ0) is 16.1. The van der Waals surface area contributed by atoms with Gasteiger partial charge in [0, 0.05) is 51.9 Å². The SMILES string of the molecule is CC(=O)N1CCCN(C[C@@H]2CN(c3ccccc3)CCO2)CC1. The summed E-state index contributed by atoms with van der Waals surface area (Å²) in [6, 6.07) is 10.6. The summed E-state index contributed by atoms with van der Waals surface area (Å²) in [7, 11) is 0. The van der Waals surface area contributed by atoms with Crippen LogP contribution in [0.3, 0.4) is 0 Å². The lowest BCUT2D eigenvalue weighted by molar-refractivity contribution is -0.128. The third kappa shape index (κ3) is 4.45. The number of ether oxygens (including phenoxy) is 1. The summed E-state index contributed by atoms with van der Waals surface area (Å²) in [6.45, 7) is 9.02. The highest BCUT2D eigenvalue weighted by Gasteiger charge is 2.24. The van der Waals surface area contributed by atoms with Crippen molar-refractivity contribution >= 4 is 11.6 Å². The number of carbonyl (C=O) groups is 1. The lowest BCUT2D eigenvalue weighted by Crippen LogP contribution is -2.48. The molecule has 5 heteroatoms. The van der Waals surface area contributed by atoms with Gasteiger partial charge in [-0.05, 0) is 25.1 Å². The summed E-state index contributed by atoms with van der Waals surface area (Å²) < 4.78 is 5.98. The lowest BCUT2D eigenvalue weighted by Gasteiger charge is -2.36. The Morgan fingerprint density at radius 2 is 1.96 bits per heavy atom. The zero-order valence-corrected chi connectivity index (χ0v) is 14.0. The summed E-state index contributed by atoms with van der Waals surface area (Å²) in [5, 5.41) is 0. The minimum Gasteiger partial charge on any atom is -0.373 e. The molecule has 0 aromatic heterocycles. The Bertz CT molecular complexity index is 508. The predicted octanol–water partition coefficient (Wildman–Crippen LogP) is 1.45. The van der Waals surface area contributed by atoms with Gasteiger partial charge in [0.25, 0.3) is 0 Å². The van der Waals surface area contributed by atoms with Crippen LogP contribution in [-0.4, -0.2) is 74.2 Å². The van der Waals surface area contributed by atoms with Gasteiger partial charge in [-0.3, -0.25) is 9.69 Å². The molecule has 2 aliphatic rings. The van der Waals surface area contributed by atoms with Gasteiger partial charge in [-0.25, -0.2) is 0 Å². The van der Waals surface area contributed by atoms with Crippen LogP contribution in [0.2, 0.25) is 0 Å². The Labute approximate surface area is 138 Å². The molecule has 0 spiro atoms. The second kappa shape index (κ2) is 7.79. The second-order valence-electron chi connectivity index (χ2n) is 6.43. The maximum atomic E-state index is 11.5. The van der Waals surface area contributed by atoms with Crippen LogP contribution in [0.1, 0.15) is 13.3 Å². The monoisotopic (exact) mass is 317 g/mol. The molecule has 1 amide bonds. The Morgan fingerprint density at radius 3 is 2.74 bits per heavy atom. The summed E-state index contributed by atoms with van der Waals surface area (Å²) in [4.78, 5) is 18.3. The minimum atomic E-state index is 0.191. The van der Waals surface area contributed by atoms with Crippen LogP contribution in [0.15, 0.2) is 30.3 Å². The van der Waals surface area contributed by atoms with Crippen molar-refractivity contribution in [3.8, 4) is 0 Å². The molecule has 3 rings (SSSR count). The minimum absolute atomic E-state index is 0.191. The molecule has 0 bridgehead atoms. The van der Waals surface area contributed by atoms with Crippen LogP contribution >= 0.6 is 0 Å². The largest absolute Gasteiger partial charge is 0.373 e. The van der Waals surface area contributed by atoms with Crippen molar-refractivity contribution in [1.82, 2.24) is 9.80 Å². The topological polar surface area (TPSA) is 36.0 Å². The lowest BCUT2D eigenvalue weighted by atomic mass is 10.2. The number of hydrogen-bond donors (Lipinski definition) is 0. The van der Waals surface area contributed by atoms with Crippen molar-refractivity contribution in [2.45, 2.75) is 19.4 Å². The Morgan fingerprint density at radius 1 is 1.13 bits per heavy atom. The van der Waals surface area contributed by atoms with E-state index in [-0.39, 0.29) is 12.0 Å². The molecule has 1 atom stereocenters. The molecule has 0 N–H and O–H groups in total. The first-order chi connectivity index (χ1) is 11.2. The fourth-order valence-electron chi connectivity index (χ4n) is 3.46. The standard InChI is InChI=1S/C18H27N3O2/c1-16(22)20-9-5-8-19(10-11-20)14-18-15-21(12-13-23-18)17-6-3-2-4-7-17/h2-4,6-7,18H,5,8-15H2,1H3/t18-/m1/s1. The maximum Gasteiger partial charge on any atom is 0.219 e. The van der Waals surface area contributed by atoms with Crippen LogP contribution in [0.5, 0.6) is 0 Å². The van der Waals surface area contributed by atoms with Crippen molar-refractivity contribution in [1.29, 1.82) is 0 Å². The van der Waals surface area contributed by atoms with E-state index in [0.717, 1.165) is 58.8 Å². The van der Waals surface area contributed by atoms with Gasteiger partial charge in [0.15, 0.2) is 0 Å². The third-order valence-electron chi connectivity index (χ3n) is 4.76. The Balaban J connectivity index is 1.52. The van der Waals surface area contributed by atoms with E-state index in [0.29, 0.717) is 0 Å². The number of anilines is 1. The summed E-state index contributed by atoms with van der Waals surface area (Å²) >= 11 is 0. The van der Waals surface area contributed by atoms with E-state index in [9.17, 15) is 4.79 Å². The van der Waals surface area contributed by atoms with Crippen molar-refractivity contribution in [3.63, 3.8) is 0 Å². The third-order valence-corrected chi connectivity index (χ3v) is 4.76. The summed E-state index contributed by atoms with van der Waals surface area (Å²) in [6.07, 6.45) is 1.29. The van der Waals surface area contributed by atoms with Gasteiger partial charge in [0.2, 0.25) is 5.91 Å². The number of nitrogens with zero attached hydrogens (tertiary/aromatic N) is 3. The second-order valence-corrected chi connectivity index (χ2v) is 6.43. The number of amides is 1. The van der Waals surface area contributed by atoms with Crippen molar-refractivity contribution in [2.24, 2.45) is 0 Å². The van der Waals surface area contributed by atoms with Gasteiger partial charge in [0.1, 0.15) is 0 Å². The normalized spacial score (nSPS) is 23.6.